The second kappa shape index (κ2) is 8.35. The normalized spacial score (nSPS) is 15.5. The van der Waals surface area contributed by atoms with Crippen LogP contribution in [0.4, 0.5) is 0 Å². The van der Waals surface area contributed by atoms with E-state index in [2.05, 4.69) is 10.1 Å². The van der Waals surface area contributed by atoms with Crippen molar-refractivity contribution in [3.8, 4) is 17.3 Å². The van der Waals surface area contributed by atoms with Crippen molar-refractivity contribution in [1.82, 2.24) is 14.6 Å². The topological polar surface area (TPSA) is 117 Å². The highest BCUT2D eigenvalue weighted by molar-refractivity contribution is 6.30. The highest BCUT2D eigenvalue weighted by Crippen LogP contribution is 2.38. The molecule has 0 spiro atoms. The van der Waals surface area contributed by atoms with Crippen molar-refractivity contribution in [3.63, 3.8) is 0 Å². The van der Waals surface area contributed by atoms with Crippen LogP contribution in [0, 0.1) is 0 Å². The number of aromatic hydroxyl groups is 1. The van der Waals surface area contributed by atoms with Gasteiger partial charge in [-0.1, -0.05) is 35.9 Å². The fourth-order valence-electron chi connectivity index (χ4n) is 3.78. The van der Waals surface area contributed by atoms with E-state index in [1.807, 2.05) is 0 Å². The number of carbonyl (C=O) groups excluding carboxylic acids is 1. The number of hydrogen-bond donors (Lipinski definition) is 2. The lowest BCUT2D eigenvalue weighted by Crippen LogP contribution is -2.33. The lowest BCUT2D eigenvalue weighted by Gasteiger charge is -2.22. The van der Waals surface area contributed by atoms with E-state index < -0.39 is 23.2 Å². The second-order valence-corrected chi connectivity index (χ2v) is 7.58. The molecule has 4 rings (SSSR count). The second-order valence-electron chi connectivity index (χ2n) is 7.15. The van der Waals surface area contributed by atoms with E-state index in [4.69, 9.17) is 16.3 Å². The van der Waals surface area contributed by atoms with Crippen LogP contribution >= 0.6 is 11.6 Å². The van der Waals surface area contributed by atoms with Crippen LogP contribution in [0.15, 0.2) is 63.2 Å². The minimum Gasteiger partial charge on any atom is -0.496 e. The summed E-state index contributed by atoms with van der Waals surface area (Å²) in [4.78, 5) is 39.7. The molecule has 0 saturated heterocycles. The van der Waals surface area contributed by atoms with E-state index in [9.17, 15) is 19.5 Å². The fraction of sp³-hybridized carbons (Fsp3) is 0.182. The van der Waals surface area contributed by atoms with E-state index in [-0.39, 0.29) is 29.3 Å². The van der Waals surface area contributed by atoms with Gasteiger partial charge in [-0.3, -0.25) is 14.6 Å². The van der Waals surface area contributed by atoms with E-state index in [1.165, 1.54) is 25.1 Å². The Balaban J connectivity index is 1.86. The number of aromatic amines is 1. The van der Waals surface area contributed by atoms with Gasteiger partial charge in [0, 0.05) is 23.9 Å². The van der Waals surface area contributed by atoms with Gasteiger partial charge in [-0.2, -0.15) is 5.10 Å². The van der Waals surface area contributed by atoms with Crippen molar-refractivity contribution < 1.29 is 14.6 Å². The molecule has 2 aromatic carbocycles. The molecule has 1 atom stereocenters. The Labute approximate surface area is 187 Å². The molecule has 9 nitrogen and oxygen atoms in total. The number of methoxy groups -OCH3 is 1. The number of hydrazone groups is 1. The van der Waals surface area contributed by atoms with Crippen LogP contribution in [-0.4, -0.2) is 38.4 Å². The number of nitrogens with zero attached hydrogens (tertiary/aromatic N) is 3. The molecule has 0 saturated carbocycles. The molecule has 1 aliphatic heterocycles. The maximum atomic E-state index is 12.7. The molecule has 1 aromatic heterocycles. The minimum absolute atomic E-state index is 0.129. The maximum absolute atomic E-state index is 12.7. The summed E-state index contributed by atoms with van der Waals surface area (Å²) in [5, 5.41) is 16.8. The molecule has 0 fully saturated rings. The van der Waals surface area contributed by atoms with Crippen molar-refractivity contribution in [2.45, 2.75) is 19.4 Å². The SMILES string of the molecule is COc1ccccc1[C@H]1CC(c2c(O)n(-c3cccc(Cl)c3)c(=O)[nH]c2=O)=NN1C(C)=O. The molecule has 1 aliphatic rings. The number of ether oxygens (including phenoxy) is 1. The predicted octanol–water partition coefficient (Wildman–Crippen LogP) is 2.59. The summed E-state index contributed by atoms with van der Waals surface area (Å²) in [6, 6.07) is 12.9. The lowest BCUT2D eigenvalue weighted by atomic mass is 9.98. The zero-order valence-electron chi connectivity index (χ0n) is 17.2. The quantitative estimate of drug-likeness (QED) is 0.628. The van der Waals surface area contributed by atoms with E-state index >= 15 is 0 Å². The number of hydrogen-bond acceptors (Lipinski definition) is 6. The van der Waals surface area contributed by atoms with Crippen molar-refractivity contribution in [1.29, 1.82) is 0 Å². The third-order valence-corrected chi connectivity index (χ3v) is 5.41. The van der Waals surface area contributed by atoms with Gasteiger partial charge in [0.15, 0.2) is 0 Å². The van der Waals surface area contributed by atoms with Crippen molar-refractivity contribution >= 4 is 23.2 Å². The molecule has 2 N–H and O–H groups in total. The summed E-state index contributed by atoms with van der Waals surface area (Å²) in [5.74, 6) is -0.388. The first-order valence-electron chi connectivity index (χ1n) is 9.66. The highest BCUT2D eigenvalue weighted by Gasteiger charge is 2.35. The largest absolute Gasteiger partial charge is 0.496 e. The van der Waals surface area contributed by atoms with Crippen molar-refractivity contribution in [2.24, 2.45) is 5.10 Å². The summed E-state index contributed by atoms with van der Waals surface area (Å²) in [6.45, 7) is 1.35. The van der Waals surface area contributed by atoms with Gasteiger partial charge in [0.05, 0.1) is 24.6 Å². The number of carbonyl (C=O) groups is 1. The van der Waals surface area contributed by atoms with Crippen LogP contribution in [0.5, 0.6) is 11.6 Å². The van der Waals surface area contributed by atoms with Gasteiger partial charge in [0.25, 0.3) is 5.56 Å². The van der Waals surface area contributed by atoms with Crippen LogP contribution in [0.2, 0.25) is 5.02 Å². The Morgan fingerprint density at radius 3 is 2.66 bits per heavy atom. The number of halogens is 1. The highest BCUT2D eigenvalue weighted by atomic mass is 35.5. The third-order valence-electron chi connectivity index (χ3n) is 5.17. The Morgan fingerprint density at radius 2 is 1.97 bits per heavy atom. The molecular weight excluding hydrogens is 436 g/mol. The van der Waals surface area contributed by atoms with Gasteiger partial charge < -0.3 is 9.84 Å². The van der Waals surface area contributed by atoms with E-state index in [0.717, 1.165) is 4.57 Å². The monoisotopic (exact) mass is 454 g/mol. The molecule has 0 aliphatic carbocycles. The van der Waals surface area contributed by atoms with Gasteiger partial charge in [-0.05, 0) is 24.3 Å². The Morgan fingerprint density at radius 1 is 1.22 bits per heavy atom. The first-order valence-corrected chi connectivity index (χ1v) is 10.0. The Hall–Kier alpha value is -3.85. The zero-order valence-corrected chi connectivity index (χ0v) is 18.0. The van der Waals surface area contributed by atoms with Crippen molar-refractivity contribution in [2.75, 3.05) is 7.11 Å². The summed E-state index contributed by atoms with van der Waals surface area (Å²) < 4.78 is 6.34. The van der Waals surface area contributed by atoms with Crippen LogP contribution in [0.25, 0.3) is 5.69 Å². The molecule has 10 heteroatoms. The molecule has 0 unspecified atom stereocenters. The van der Waals surface area contributed by atoms with Crippen molar-refractivity contribution in [3.05, 3.63) is 85.5 Å². The van der Waals surface area contributed by atoms with Gasteiger partial charge in [0.2, 0.25) is 11.8 Å². The molecule has 164 valence electrons. The van der Waals surface area contributed by atoms with Gasteiger partial charge in [-0.25, -0.2) is 14.4 Å². The summed E-state index contributed by atoms with van der Waals surface area (Å²) in [6.07, 6.45) is 0.129. The average Bonchev–Trinajstić information content (AvgIpc) is 3.18. The molecule has 2 heterocycles. The fourth-order valence-corrected chi connectivity index (χ4v) is 3.96. The maximum Gasteiger partial charge on any atom is 0.335 e. The molecular formula is C22H19ClN4O5. The van der Waals surface area contributed by atoms with E-state index in [0.29, 0.717) is 16.3 Å². The molecule has 32 heavy (non-hydrogen) atoms. The first-order chi connectivity index (χ1) is 15.3. The zero-order chi connectivity index (χ0) is 23.0. The standard InChI is InChI=1S/C22H19ClN4O5/c1-12(28)27-17(15-8-3-4-9-18(15)32-2)11-16(25-27)19-20(29)24-22(31)26(21(19)30)14-7-5-6-13(23)10-14/h3-10,17,30H,11H2,1-2H3,(H,24,29,31)/t17-/m1/s1. The van der Waals surface area contributed by atoms with Crippen LogP contribution in [0.3, 0.4) is 0 Å². The number of benzene rings is 2. The number of amides is 1. The van der Waals surface area contributed by atoms with Crippen LogP contribution < -0.4 is 16.0 Å². The average molecular weight is 455 g/mol. The van der Waals surface area contributed by atoms with Crippen LogP contribution in [0.1, 0.15) is 30.5 Å². The summed E-state index contributed by atoms with van der Waals surface area (Å²) in [5.41, 5.74) is -0.724. The predicted molar refractivity (Wildman–Crippen MR) is 119 cm³/mol. The molecule has 0 radical (unpaired) electrons. The van der Waals surface area contributed by atoms with E-state index in [1.54, 1.807) is 42.5 Å². The molecule has 3 aromatic rings. The number of rotatable bonds is 4. The Bertz CT molecular complexity index is 1360. The number of nitrogens with one attached hydrogen (secondary N) is 1. The minimum atomic E-state index is -0.832. The smallest absolute Gasteiger partial charge is 0.335 e. The number of para-hydroxylation sites is 1. The Kier molecular flexibility index (Phi) is 5.58. The summed E-state index contributed by atoms with van der Waals surface area (Å²) >= 11 is 6.02. The molecule has 1 amide bonds. The molecule has 0 bridgehead atoms. The first kappa shape index (κ1) is 21.4. The lowest BCUT2D eigenvalue weighted by molar-refractivity contribution is -0.130. The third kappa shape index (κ3) is 3.67. The van der Waals surface area contributed by atoms with Gasteiger partial charge in [0.1, 0.15) is 11.3 Å². The van der Waals surface area contributed by atoms with Gasteiger partial charge >= 0.3 is 5.69 Å². The van der Waals surface area contributed by atoms with Gasteiger partial charge in [-0.15, -0.1) is 0 Å². The van der Waals surface area contributed by atoms with Crippen LogP contribution in [-0.2, 0) is 4.79 Å². The number of H-pyrrole nitrogens is 1. The number of aromatic nitrogens is 2. The summed E-state index contributed by atoms with van der Waals surface area (Å²) in [7, 11) is 1.52.